The molecule has 0 unspecified atom stereocenters. The zero-order chi connectivity index (χ0) is 18.2. The average molecular weight is 369 g/mol. The second-order valence-corrected chi connectivity index (χ2v) is 6.31. The number of ether oxygens (including phenoxy) is 1. The number of anilines is 1. The molecule has 0 spiro atoms. The topological polar surface area (TPSA) is 29.4 Å². The smallest absolute Gasteiger partial charge is 0.406 e. The molecule has 3 rings (SSSR count). The van der Waals surface area contributed by atoms with Crippen molar-refractivity contribution in [1.82, 2.24) is 9.47 Å². The van der Waals surface area contributed by atoms with Crippen LogP contribution in [0.15, 0.2) is 36.4 Å². The molecule has 2 heterocycles. The number of halogens is 3. The van der Waals surface area contributed by atoms with Crippen LogP contribution in [0.2, 0.25) is 0 Å². The Labute approximate surface area is 149 Å². The van der Waals surface area contributed by atoms with Crippen molar-refractivity contribution in [3.63, 3.8) is 0 Å². The lowest BCUT2D eigenvalue weighted by Crippen LogP contribution is -2.43. The van der Waals surface area contributed by atoms with Crippen molar-refractivity contribution in [3.8, 4) is 5.75 Å². The van der Waals surface area contributed by atoms with E-state index < -0.39 is 6.36 Å². The molecule has 1 atom stereocenters. The summed E-state index contributed by atoms with van der Waals surface area (Å²) in [5, 5.41) is 3.62. The van der Waals surface area contributed by atoms with E-state index in [0.717, 1.165) is 13.1 Å². The Kier molecular flexibility index (Phi) is 4.64. The molecule has 0 fully saturated rings. The average Bonchev–Trinajstić information content (AvgIpc) is 2.90. The minimum absolute atomic E-state index is 0.121. The van der Waals surface area contributed by atoms with E-state index in [-0.39, 0.29) is 11.8 Å². The summed E-state index contributed by atoms with van der Waals surface area (Å²) in [6.07, 6.45) is -4.69. The number of nitrogens with zero attached hydrogens (tertiary/aromatic N) is 2. The summed E-state index contributed by atoms with van der Waals surface area (Å²) in [5.41, 5.74) is 3.03. The maximum atomic E-state index is 12.2. The zero-order valence-electron chi connectivity index (χ0n) is 13.8. The first-order valence-electron chi connectivity index (χ1n) is 7.84. The van der Waals surface area contributed by atoms with Gasteiger partial charge in [-0.15, -0.1) is 13.2 Å². The number of nitrogens with one attached hydrogen (secondary N) is 1. The largest absolute Gasteiger partial charge is 0.573 e. The third-order valence-corrected chi connectivity index (χ3v) is 4.63. The predicted octanol–water partition coefficient (Wildman–Crippen LogP) is 4.47. The molecule has 25 heavy (non-hydrogen) atoms. The molecule has 0 saturated carbocycles. The molecule has 1 N–H and O–H groups in total. The van der Waals surface area contributed by atoms with Crippen molar-refractivity contribution < 1.29 is 17.9 Å². The Bertz CT molecular complexity index is 770. The van der Waals surface area contributed by atoms with Crippen LogP contribution in [-0.2, 0) is 6.54 Å². The van der Waals surface area contributed by atoms with Gasteiger partial charge in [0.25, 0.3) is 0 Å². The fourth-order valence-electron chi connectivity index (χ4n) is 3.03. The molecule has 4 nitrogen and oxygen atoms in total. The first-order chi connectivity index (χ1) is 11.7. The van der Waals surface area contributed by atoms with E-state index in [2.05, 4.69) is 45.5 Å². The Morgan fingerprint density at radius 1 is 1.16 bits per heavy atom. The fraction of sp³-hybridized carbons (Fsp3) is 0.353. The van der Waals surface area contributed by atoms with E-state index in [9.17, 15) is 13.2 Å². The molecule has 0 amide bonds. The summed E-state index contributed by atoms with van der Waals surface area (Å²) < 4.78 is 42.7. The SMILES string of the molecule is Cc1ccc2n1CCN(C(=S)Nc1ccc(OC(F)(F)F)cc1)[C@@H]2C. The van der Waals surface area contributed by atoms with Crippen molar-refractivity contribution >= 4 is 23.0 Å². The first kappa shape index (κ1) is 17.6. The maximum absolute atomic E-state index is 12.2. The van der Waals surface area contributed by atoms with Gasteiger partial charge in [-0.3, -0.25) is 0 Å². The number of rotatable bonds is 2. The van der Waals surface area contributed by atoms with E-state index in [1.807, 2.05) is 0 Å². The van der Waals surface area contributed by atoms with Gasteiger partial charge in [0.15, 0.2) is 5.11 Å². The van der Waals surface area contributed by atoms with Crippen LogP contribution in [0.1, 0.15) is 24.4 Å². The summed E-state index contributed by atoms with van der Waals surface area (Å²) in [7, 11) is 0. The summed E-state index contributed by atoms with van der Waals surface area (Å²) in [4.78, 5) is 2.07. The van der Waals surface area contributed by atoms with Crippen LogP contribution >= 0.6 is 12.2 Å². The van der Waals surface area contributed by atoms with Crippen LogP contribution < -0.4 is 10.1 Å². The molecule has 2 aromatic rings. The highest BCUT2D eigenvalue weighted by atomic mass is 32.1. The van der Waals surface area contributed by atoms with Gasteiger partial charge < -0.3 is 19.5 Å². The number of hydrogen-bond acceptors (Lipinski definition) is 2. The second kappa shape index (κ2) is 6.59. The van der Waals surface area contributed by atoms with E-state index in [1.54, 1.807) is 0 Å². The van der Waals surface area contributed by atoms with Gasteiger partial charge in [-0.1, -0.05) is 0 Å². The maximum Gasteiger partial charge on any atom is 0.573 e. The third-order valence-electron chi connectivity index (χ3n) is 4.29. The summed E-state index contributed by atoms with van der Waals surface area (Å²) >= 11 is 5.48. The summed E-state index contributed by atoms with van der Waals surface area (Å²) in [5.74, 6) is -0.261. The Morgan fingerprint density at radius 3 is 2.48 bits per heavy atom. The monoisotopic (exact) mass is 369 g/mol. The van der Waals surface area contributed by atoms with Gasteiger partial charge in [0.05, 0.1) is 6.04 Å². The highest BCUT2D eigenvalue weighted by Crippen LogP contribution is 2.28. The number of hydrogen-bond donors (Lipinski definition) is 1. The molecule has 1 aromatic carbocycles. The second-order valence-electron chi connectivity index (χ2n) is 5.92. The lowest BCUT2D eigenvalue weighted by Gasteiger charge is -2.37. The summed E-state index contributed by atoms with van der Waals surface area (Å²) in [6, 6.07) is 9.83. The number of benzene rings is 1. The van der Waals surface area contributed by atoms with Crippen LogP contribution in [0.3, 0.4) is 0 Å². The minimum Gasteiger partial charge on any atom is -0.406 e. The molecule has 134 valence electrons. The van der Waals surface area contributed by atoms with Gasteiger partial charge >= 0.3 is 6.36 Å². The molecular formula is C17H18F3N3OS. The van der Waals surface area contributed by atoms with Crippen LogP contribution in [-0.4, -0.2) is 27.5 Å². The molecule has 1 aliphatic heterocycles. The molecule has 0 bridgehead atoms. The van der Waals surface area contributed by atoms with Crippen LogP contribution in [0.5, 0.6) is 5.75 Å². The highest BCUT2D eigenvalue weighted by molar-refractivity contribution is 7.80. The lowest BCUT2D eigenvalue weighted by atomic mass is 10.1. The standard InChI is InChI=1S/C17H18F3N3OS/c1-11-3-8-15-12(2)23(10-9-22(11)15)16(25)21-13-4-6-14(7-5-13)24-17(18,19)20/h3-8,12H,9-10H2,1-2H3,(H,21,25)/t12-/m1/s1. The molecule has 1 aliphatic rings. The van der Waals surface area contributed by atoms with Crippen LogP contribution in [0.25, 0.3) is 0 Å². The highest BCUT2D eigenvalue weighted by Gasteiger charge is 2.31. The fourth-order valence-corrected chi connectivity index (χ4v) is 3.40. The number of fused-ring (bicyclic) bond motifs is 1. The quantitative estimate of drug-likeness (QED) is 0.791. The van der Waals surface area contributed by atoms with Crippen molar-refractivity contribution in [1.29, 1.82) is 0 Å². The normalized spacial score (nSPS) is 17.2. The molecule has 1 aromatic heterocycles. The predicted molar refractivity (Wildman–Crippen MR) is 93.6 cm³/mol. The van der Waals surface area contributed by atoms with E-state index in [4.69, 9.17) is 12.2 Å². The van der Waals surface area contributed by atoms with E-state index in [1.165, 1.54) is 35.7 Å². The molecule has 0 aliphatic carbocycles. The Hall–Kier alpha value is -2.22. The van der Waals surface area contributed by atoms with E-state index >= 15 is 0 Å². The Morgan fingerprint density at radius 2 is 1.84 bits per heavy atom. The third kappa shape index (κ3) is 3.89. The number of alkyl halides is 3. The number of aryl methyl sites for hydroxylation is 1. The molecule has 0 radical (unpaired) electrons. The van der Waals surface area contributed by atoms with Crippen molar-refractivity contribution in [2.24, 2.45) is 0 Å². The van der Waals surface area contributed by atoms with Crippen LogP contribution in [0.4, 0.5) is 18.9 Å². The molecule has 0 saturated heterocycles. The van der Waals surface area contributed by atoms with E-state index in [0.29, 0.717) is 10.8 Å². The van der Waals surface area contributed by atoms with Gasteiger partial charge in [0.1, 0.15) is 5.75 Å². The van der Waals surface area contributed by atoms with Crippen molar-refractivity contribution in [3.05, 3.63) is 47.8 Å². The van der Waals surface area contributed by atoms with Gasteiger partial charge in [-0.2, -0.15) is 0 Å². The minimum atomic E-state index is -4.69. The van der Waals surface area contributed by atoms with Gasteiger partial charge in [0.2, 0.25) is 0 Å². The number of thiocarbonyl (C=S) groups is 1. The zero-order valence-corrected chi connectivity index (χ0v) is 14.6. The van der Waals surface area contributed by atoms with Crippen molar-refractivity contribution in [2.75, 3.05) is 11.9 Å². The van der Waals surface area contributed by atoms with Crippen molar-refractivity contribution in [2.45, 2.75) is 32.8 Å². The Balaban J connectivity index is 1.66. The van der Waals surface area contributed by atoms with Gasteiger partial charge in [0, 0.05) is 30.2 Å². The summed E-state index contributed by atoms with van der Waals surface area (Å²) in [6.45, 7) is 5.77. The lowest BCUT2D eigenvalue weighted by molar-refractivity contribution is -0.274. The number of aromatic nitrogens is 1. The van der Waals surface area contributed by atoms with Gasteiger partial charge in [-0.05, 0) is 62.5 Å². The van der Waals surface area contributed by atoms with Crippen LogP contribution in [0, 0.1) is 6.92 Å². The first-order valence-corrected chi connectivity index (χ1v) is 8.25. The molecular weight excluding hydrogens is 351 g/mol. The molecule has 8 heteroatoms. The van der Waals surface area contributed by atoms with Gasteiger partial charge in [-0.25, -0.2) is 0 Å².